The molecule has 2 saturated heterocycles. The predicted molar refractivity (Wildman–Crippen MR) is 60.2 cm³/mol. The summed E-state index contributed by atoms with van der Waals surface area (Å²) in [5.74, 6) is 0. The first-order valence-corrected chi connectivity index (χ1v) is 7.58. The minimum atomic E-state index is -3.04. The SMILES string of the molecule is CS(=O)(=O)N1CCCCC12CCCNC2. The Morgan fingerprint density at radius 2 is 1.93 bits per heavy atom. The van der Waals surface area contributed by atoms with E-state index in [1.807, 2.05) is 0 Å². The Bertz CT molecular complexity index is 312. The van der Waals surface area contributed by atoms with Gasteiger partial charge in [-0.05, 0) is 32.2 Å². The molecule has 0 aromatic carbocycles. The highest BCUT2D eigenvalue weighted by Crippen LogP contribution is 2.35. The first-order valence-electron chi connectivity index (χ1n) is 5.73. The molecule has 0 saturated carbocycles. The predicted octanol–water partition coefficient (Wildman–Crippen LogP) is 0.554. The molecule has 0 amide bonds. The fraction of sp³-hybridized carbons (Fsp3) is 1.00. The van der Waals surface area contributed by atoms with Crippen LogP contribution in [-0.2, 0) is 10.0 Å². The Morgan fingerprint density at radius 3 is 2.53 bits per heavy atom. The second-order valence-electron chi connectivity index (χ2n) is 4.80. The standard InChI is InChI=1S/C10H20N2O2S/c1-15(13,14)12-8-3-2-5-10(12)6-4-7-11-9-10/h11H,2-9H2,1H3. The molecule has 5 heteroatoms. The second-order valence-corrected chi connectivity index (χ2v) is 6.70. The lowest BCUT2D eigenvalue weighted by Crippen LogP contribution is -2.61. The van der Waals surface area contributed by atoms with Crippen LogP contribution in [0.1, 0.15) is 32.1 Å². The van der Waals surface area contributed by atoms with E-state index in [-0.39, 0.29) is 5.54 Å². The van der Waals surface area contributed by atoms with Crippen molar-refractivity contribution in [1.82, 2.24) is 9.62 Å². The van der Waals surface area contributed by atoms with Gasteiger partial charge in [-0.3, -0.25) is 0 Å². The minimum absolute atomic E-state index is 0.107. The first-order chi connectivity index (χ1) is 7.05. The molecule has 0 aromatic rings. The first kappa shape index (κ1) is 11.4. The third kappa shape index (κ3) is 2.19. The number of nitrogens with one attached hydrogen (secondary N) is 1. The summed E-state index contributed by atoms with van der Waals surface area (Å²) < 4.78 is 25.3. The van der Waals surface area contributed by atoms with Crippen LogP contribution in [0.5, 0.6) is 0 Å². The van der Waals surface area contributed by atoms with Crippen molar-refractivity contribution < 1.29 is 8.42 Å². The highest BCUT2D eigenvalue weighted by atomic mass is 32.2. The molecule has 1 spiro atoms. The maximum Gasteiger partial charge on any atom is 0.211 e. The molecule has 0 bridgehead atoms. The van der Waals surface area contributed by atoms with E-state index < -0.39 is 10.0 Å². The smallest absolute Gasteiger partial charge is 0.211 e. The van der Waals surface area contributed by atoms with Gasteiger partial charge in [0.1, 0.15) is 0 Å². The van der Waals surface area contributed by atoms with Gasteiger partial charge >= 0.3 is 0 Å². The van der Waals surface area contributed by atoms with E-state index in [1.54, 1.807) is 4.31 Å². The van der Waals surface area contributed by atoms with Gasteiger partial charge in [0.25, 0.3) is 0 Å². The van der Waals surface area contributed by atoms with Gasteiger partial charge in [0.05, 0.1) is 6.26 Å². The molecular formula is C10H20N2O2S. The summed E-state index contributed by atoms with van der Waals surface area (Å²) in [5.41, 5.74) is -0.107. The summed E-state index contributed by atoms with van der Waals surface area (Å²) in [6.07, 6.45) is 6.64. The number of sulfonamides is 1. The summed E-state index contributed by atoms with van der Waals surface area (Å²) >= 11 is 0. The van der Waals surface area contributed by atoms with E-state index in [0.29, 0.717) is 6.54 Å². The van der Waals surface area contributed by atoms with Crippen LogP contribution >= 0.6 is 0 Å². The third-order valence-electron chi connectivity index (χ3n) is 3.63. The van der Waals surface area contributed by atoms with Crippen molar-refractivity contribution in [3.05, 3.63) is 0 Å². The summed E-state index contributed by atoms with van der Waals surface area (Å²) in [7, 11) is -3.04. The number of piperidine rings is 2. The minimum Gasteiger partial charge on any atom is -0.315 e. The van der Waals surface area contributed by atoms with Crippen molar-refractivity contribution in [3.63, 3.8) is 0 Å². The van der Waals surface area contributed by atoms with Crippen LogP contribution in [0.15, 0.2) is 0 Å². The lowest BCUT2D eigenvalue weighted by molar-refractivity contribution is 0.100. The average molecular weight is 232 g/mol. The highest BCUT2D eigenvalue weighted by molar-refractivity contribution is 7.88. The van der Waals surface area contributed by atoms with E-state index in [4.69, 9.17) is 0 Å². The van der Waals surface area contributed by atoms with Crippen LogP contribution in [-0.4, -0.2) is 44.2 Å². The van der Waals surface area contributed by atoms with Gasteiger partial charge in [-0.15, -0.1) is 0 Å². The molecule has 0 aliphatic carbocycles. The molecule has 2 aliphatic heterocycles. The Hall–Kier alpha value is -0.130. The van der Waals surface area contributed by atoms with Gasteiger partial charge in [-0.25, -0.2) is 8.42 Å². The van der Waals surface area contributed by atoms with Gasteiger partial charge in [-0.2, -0.15) is 4.31 Å². The molecule has 0 aromatic heterocycles. The van der Waals surface area contributed by atoms with Gasteiger partial charge in [0.2, 0.25) is 10.0 Å². The Morgan fingerprint density at radius 1 is 1.20 bits per heavy atom. The lowest BCUT2D eigenvalue weighted by atomic mass is 9.82. The molecule has 2 fully saturated rings. The second kappa shape index (κ2) is 4.03. The van der Waals surface area contributed by atoms with Crippen LogP contribution in [0.4, 0.5) is 0 Å². The quantitative estimate of drug-likeness (QED) is 0.718. The molecule has 1 atom stereocenters. The zero-order chi connectivity index (χ0) is 10.9. The third-order valence-corrected chi connectivity index (χ3v) is 5.00. The van der Waals surface area contributed by atoms with Crippen molar-refractivity contribution in [2.45, 2.75) is 37.6 Å². The Labute approximate surface area is 92.1 Å². The van der Waals surface area contributed by atoms with Gasteiger partial charge in [0.15, 0.2) is 0 Å². The van der Waals surface area contributed by atoms with Crippen molar-refractivity contribution >= 4 is 10.0 Å². The van der Waals surface area contributed by atoms with Crippen LogP contribution in [0.25, 0.3) is 0 Å². The van der Waals surface area contributed by atoms with E-state index >= 15 is 0 Å². The largest absolute Gasteiger partial charge is 0.315 e. The Balaban J connectivity index is 2.25. The fourth-order valence-corrected chi connectivity index (χ4v) is 4.38. The lowest BCUT2D eigenvalue weighted by Gasteiger charge is -2.48. The summed E-state index contributed by atoms with van der Waals surface area (Å²) in [5, 5.41) is 3.34. The van der Waals surface area contributed by atoms with E-state index in [1.165, 1.54) is 6.26 Å². The Kier molecular flexibility index (Phi) is 3.05. The summed E-state index contributed by atoms with van der Waals surface area (Å²) in [6.45, 7) is 2.57. The van der Waals surface area contributed by atoms with Crippen LogP contribution in [0.2, 0.25) is 0 Å². The molecule has 4 nitrogen and oxygen atoms in total. The maximum atomic E-state index is 11.8. The molecular weight excluding hydrogens is 212 g/mol. The number of hydrogen-bond acceptors (Lipinski definition) is 3. The van der Waals surface area contributed by atoms with E-state index in [2.05, 4.69) is 5.32 Å². The van der Waals surface area contributed by atoms with Crippen LogP contribution in [0, 0.1) is 0 Å². The molecule has 88 valence electrons. The van der Waals surface area contributed by atoms with Gasteiger partial charge in [0, 0.05) is 18.6 Å². The average Bonchev–Trinajstić information content (AvgIpc) is 2.18. The summed E-state index contributed by atoms with van der Waals surface area (Å²) in [4.78, 5) is 0. The van der Waals surface area contributed by atoms with Gasteiger partial charge in [-0.1, -0.05) is 6.42 Å². The number of nitrogens with zero attached hydrogens (tertiary/aromatic N) is 1. The normalized spacial score (nSPS) is 34.5. The summed E-state index contributed by atoms with van der Waals surface area (Å²) in [6, 6.07) is 0. The van der Waals surface area contributed by atoms with Crippen molar-refractivity contribution in [2.75, 3.05) is 25.9 Å². The van der Waals surface area contributed by atoms with Crippen LogP contribution in [0.3, 0.4) is 0 Å². The van der Waals surface area contributed by atoms with Crippen molar-refractivity contribution in [3.8, 4) is 0 Å². The van der Waals surface area contributed by atoms with E-state index in [9.17, 15) is 8.42 Å². The molecule has 0 radical (unpaired) electrons. The van der Waals surface area contributed by atoms with Crippen LogP contribution < -0.4 is 5.32 Å². The highest BCUT2D eigenvalue weighted by Gasteiger charge is 2.43. The molecule has 1 unspecified atom stereocenters. The molecule has 15 heavy (non-hydrogen) atoms. The molecule has 2 heterocycles. The van der Waals surface area contributed by atoms with Crippen molar-refractivity contribution in [2.24, 2.45) is 0 Å². The zero-order valence-corrected chi connectivity index (χ0v) is 10.1. The molecule has 2 rings (SSSR count). The van der Waals surface area contributed by atoms with Crippen molar-refractivity contribution in [1.29, 1.82) is 0 Å². The molecule has 1 N–H and O–H groups in total. The number of rotatable bonds is 1. The van der Waals surface area contributed by atoms with Gasteiger partial charge < -0.3 is 5.32 Å². The zero-order valence-electron chi connectivity index (χ0n) is 9.33. The number of hydrogen-bond donors (Lipinski definition) is 1. The monoisotopic (exact) mass is 232 g/mol. The fourth-order valence-electron chi connectivity index (χ4n) is 2.97. The maximum absolute atomic E-state index is 11.8. The topological polar surface area (TPSA) is 49.4 Å². The molecule has 2 aliphatic rings. The van der Waals surface area contributed by atoms with E-state index in [0.717, 1.165) is 45.2 Å².